The van der Waals surface area contributed by atoms with E-state index in [-0.39, 0.29) is 28.3 Å². The van der Waals surface area contributed by atoms with Gasteiger partial charge < -0.3 is 5.11 Å². The molecule has 0 aliphatic rings. The maximum absolute atomic E-state index is 10.4. The molecule has 1 aromatic carbocycles. The van der Waals surface area contributed by atoms with E-state index in [9.17, 15) is 14.9 Å². The molecule has 0 fully saturated rings. The van der Waals surface area contributed by atoms with Crippen molar-refractivity contribution in [3.8, 4) is 0 Å². The summed E-state index contributed by atoms with van der Waals surface area (Å²) in [6, 6.07) is 5.21. The minimum Gasteiger partial charge on any atom is -0.477 e. The van der Waals surface area contributed by atoms with Gasteiger partial charge in [0.15, 0.2) is 0 Å². The number of nitro groups is 1. The molecule has 0 amide bonds. The van der Waals surface area contributed by atoms with Crippen LogP contribution in [-0.4, -0.2) is 16.0 Å². The molecular weight excluding hydrogens is 218 g/mol. The van der Waals surface area contributed by atoms with Crippen LogP contribution in [-0.2, 0) is 17.1 Å². The summed E-state index contributed by atoms with van der Waals surface area (Å²) in [5.74, 6) is -1.29. The molecule has 0 aromatic heterocycles. The number of nitro benzene ring substituents is 1. The molecule has 0 bridgehead atoms. The van der Waals surface area contributed by atoms with Crippen molar-refractivity contribution in [1.29, 1.82) is 0 Å². The van der Waals surface area contributed by atoms with Crippen molar-refractivity contribution < 1.29 is 31.9 Å². The van der Waals surface area contributed by atoms with E-state index in [0.29, 0.717) is 0 Å². The van der Waals surface area contributed by atoms with Crippen molar-refractivity contribution in [2.45, 2.75) is 0 Å². The Balaban J connectivity index is 0.00000144. The normalized spacial score (nSPS) is 8.62. The topological polar surface area (TPSA) is 80.4 Å². The zero-order valence-electron chi connectivity index (χ0n) is 6.28. The predicted molar refractivity (Wildman–Crippen MR) is 40.1 cm³/mol. The van der Waals surface area contributed by atoms with Crippen molar-refractivity contribution in [3.05, 3.63) is 39.9 Å². The van der Waals surface area contributed by atoms with Crippen molar-refractivity contribution >= 4 is 11.7 Å². The molecule has 1 aromatic rings. The third-order valence-electron chi connectivity index (χ3n) is 1.33. The maximum atomic E-state index is 10.4. The number of hydrogen-bond donors (Lipinski definition) is 1. The van der Waals surface area contributed by atoms with Crippen LogP contribution in [0, 0.1) is 10.1 Å². The minimum absolute atomic E-state index is 0. The largest absolute Gasteiger partial charge is 0.477 e. The summed E-state index contributed by atoms with van der Waals surface area (Å²) in [5.41, 5.74) is -0.674. The Kier molecular flexibility index (Phi) is 4.10. The third-order valence-corrected chi connectivity index (χ3v) is 1.33. The summed E-state index contributed by atoms with van der Waals surface area (Å²) in [6.45, 7) is 0. The Hall–Kier alpha value is -1.39. The molecule has 0 atom stereocenters. The van der Waals surface area contributed by atoms with E-state index in [1.165, 1.54) is 18.2 Å². The summed E-state index contributed by atoms with van der Waals surface area (Å²) >= 11 is 0. The van der Waals surface area contributed by atoms with Crippen LogP contribution in [0.1, 0.15) is 10.4 Å². The van der Waals surface area contributed by atoms with Gasteiger partial charge in [0.2, 0.25) is 0 Å². The number of aromatic carboxylic acids is 1. The van der Waals surface area contributed by atoms with Crippen LogP contribution in [0.3, 0.4) is 0 Å². The molecule has 1 N–H and O–H groups in total. The molecule has 0 aliphatic carbocycles. The molecule has 6 heteroatoms. The van der Waals surface area contributed by atoms with Gasteiger partial charge in [0.05, 0.1) is 4.92 Å². The smallest absolute Gasteiger partial charge is 0.342 e. The summed E-state index contributed by atoms with van der Waals surface area (Å²) in [6.07, 6.45) is 0. The van der Waals surface area contributed by atoms with E-state index >= 15 is 0 Å². The number of carboxylic acid groups (broad SMARTS) is 1. The number of carboxylic acids is 1. The second-order valence-electron chi connectivity index (χ2n) is 2.08. The van der Waals surface area contributed by atoms with Crippen molar-refractivity contribution in [2.24, 2.45) is 0 Å². The molecule has 13 heavy (non-hydrogen) atoms. The molecule has 1 rings (SSSR count). The van der Waals surface area contributed by atoms with E-state index in [2.05, 4.69) is 0 Å². The van der Waals surface area contributed by atoms with E-state index in [4.69, 9.17) is 5.11 Å². The average Bonchev–Trinajstić information content (AvgIpc) is 2.04. The Morgan fingerprint density at radius 1 is 1.38 bits per heavy atom. The monoisotopic (exact) mass is 223 g/mol. The summed E-state index contributed by atoms with van der Waals surface area (Å²) in [7, 11) is 0. The third kappa shape index (κ3) is 2.54. The zero-order chi connectivity index (χ0) is 9.14. The van der Waals surface area contributed by atoms with Gasteiger partial charge in [-0.1, -0.05) is 12.1 Å². The minimum atomic E-state index is -1.29. The molecule has 0 heterocycles. The summed E-state index contributed by atoms with van der Waals surface area (Å²) < 4.78 is 0. The standard InChI is InChI=1S/C7H5NO4.Fe/c9-7(10)5-3-1-2-4-6(5)8(11)12;/h1-4H,(H,9,10);. The van der Waals surface area contributed by atoms with E-state index in [0.717, 1.165) is 6.07 Å². The fraction of sp³-hybridized carbons (Fsp3) is 0. The van der Waals surface area contributed by atoms with Crippen LogP contribution >= 0.6 is 0 Å². The van der Waals surface area contributed by atoms with E-state index in [1.807, 2.05) is 0 Å². The molecule has 0 radical (unpaired) electrons. The second kappa shape index (κ2) is 4.59. The van der Waals surface area contributed by atoms with Gasteiger partial charge in [-0.25, -0.2) is 4.79 Å². The van der Waals surface area contributed by atoms with Crippen LogP contribution in [0.4, 0.5) is 5.69 Å². The number of carbonyl (C=O) groups is 1. The van der Waals surface area contributed by atoms with Gasteiger partial charge in [0.1, 0.15) is 5.56 Å². The first-order chi connectivity index (χ1) is 5.63. The van der Waals surface area contributed by atoms with Crippen LogP contribution in [0.5, 0.6) is 0 Å². The Labute approximate surface area is 84.0 Å². The zero-order valence-corrected chi connectivity index (χ0v) is 7.39. The van der Waals surface area contributed by atoms with Gasteiger partial charge in [0.25, 0.3) is 5.69 Å². The van der Waals surface area contributed by atoms with Crippen molar-refractivity contribution in [3.63, 3.8) is 0 Å². The van der Waals surface area contributed by atoms with Crippen molar-refractivity contribution in [2.75, 3.05) is 0 Å². The first kappa shape index (κ1) is 11.6. The predicted octanol–water partition coefficient (Wildman–Crippen LogP) is 1.29. The maximum Gasteiger partial charge on any atom is 0.342 e. The van der Waals surface area contributed by atoms with E-state index in [1.54, 1.807) is 0 Å². The average molecular weight is 223 g/mol. The van der Waals surface area contributed by atoms with Gasteiger partial charge in [-0.15, -0.1) is 0 Å². The number of benzene rings is 1. The van der Waals surface area contributed by atoms with Gasteiger partial charge >= 0.3 is 5.97 Å². The Bertz CT molecular complexity index is 306. The summed E-state index contributed by atoms with van der Waals surface area (Å²) in [4.78, 5) is 20.0. The fourth-order valence-corrected chi connectivity index (χ4v) is 0.814. The number of rotatable bonds is 2. The Morgan fingerprint density at radius 2 is 1.92 bits per heavy atom. The fourth-order valence-electron chi connectivity index (χ4n) is 0.814. The second-order valence-corrected chi connectivity index (χ2v) is 2.08. The quantitative estimate of drug-likeness (QED) is 0.465. The molecule has 0 saturated heterocycles. The van der Waals surface area contributed by atoms with E-state index < -0.39 is 10.9 Å². The molecule has 0 saturated carbocycles. The molecule has 70 valence electrons. The molecule has 0 unspecified atom stereocenters. The van der Waals surface area contributed by atoms with Crippen LogP contribution < -0.4 is 0 Å². The Morgan fingerprint density at radius 3 is 2.31 bits per heavy atom. The van der Waals surface area contributed by atoms with Gasteiger partial charge in [-0.3, -0.25) is 10.1 Å². The van der Waals surface area contributed by atoms with Gasteiger partial charge in [-0.05, 0) is 6.07 Å². The first-order valence-electron chi connectivity index (χ1n) is 3.09. The first-order valence-corrected chi connectivity index (χ1v) is 3.09. The van der Waals surface area contributed by atoms with Crippen molar-refractivity contribution in [1.82, 2.24) is 0 Å². The molecule has 0 spiro atoms. The number of nitrogens with zero attached hydrogens (tertiary/aromatic N) is 1. The number of para-hydroxylation sites is 1. The van der Waals surface area contributed by atoms with Gasteiger partial charge in [0, 0.05) is 23.1 Å². The molecule has 5 nitrogen and oxygen atoms in total. The van der Waals surface area contributed by atoms with Crippen LogP contribution in [0.15, 0.2) is 24.3 Å². The summed E-state index contributed by atoms with van der Waals surface area (Å²) in [5, 5.41) is 18.8. The van der Waals surface area contributed by atoms with Gasteiger partial charge in [-0.2, -0.15) is 0 Å². The molecular formula is C7H5FeNO4. The van der Waals surface area contributed by atoms with Crippen LogP contribution in [0.25, 0.3) is 0 Å². The van der Waals surface area contributed by atoms with Crippen LogP contribution in [0.2, 0.25) is 0 Å². The molecule has 0 aliphatic heterocycles. The SMILES string of the molecule is O=C(O)c1ccccc1[N+](=O)[O-].[Fe]. The number of hydrogen-bond acceptors (Lipinski definition) is 3.